The molecule has 152 valence electrons. The van der Waals surface area contributed by atoms with Gasteiger partial charge in [0.1, 0.15) is 0 Å². The molecule has 0 bridgehead atoms. The van der Waals surface area contributed by atoms with Crippen molar-refractivity contribution in [3.63, 3.8) is 0 Å². The van der Waals surface area contributed by atoms with Crippen LogP contribution in [-0.4, -0.2) is 37.0 Å². The molecule has 5 rings (SSSR count). The van der Waals surface area contributed by atoms with Crippen molar-refractivity contribution in [1.29, 1.82) is 0 Å². The van der Waals surface area contributed by atoms with Gasteiger partial charge in [-0.15, -0.1) is 23.1 Å². The minimum atomic E-state index is 0.229. The van der Waals surface area contributed by atoms with Crippen LogP contribution in [0.1, 0.15) is 44.8 Å². The molecule has 3 aliphatic rings. The Balaban J connectivity index is 1.29. The van der Waals surface area contributed by atoms with Crippen molar-refractivity contribution < 1.29 is 4.79 Å². The summed E-state index contributed by atoms with van der Waals surface area (Å²) in [5.74, 6) is 1.20. The van der Waals surface area contributed by atoms with E-state index in [9.17, 15) is 4.79 Å². The number of fused-ring (bicyclic) bond motifs is 3. The predicted octanol–water partition coefficient (Wildman–Crippen LogP) is 5.18. The van der Waals surface area contributed by atoms with Gasteiger partial charge in [-0.05, 0) is 73.9 Å². The van der Waals surface area contributed by atoms with E-state index in [1.807, 2.05) is 11.3 Å². The SMILES string of the molecule is Cc1cccc(N2CCN(C(=O)C3=Cc4sc5c(c4CS3)CCCC5)CC2)c1C. The molecule has 3 nitrogen and oxygen atoms in total. The van der Waals surface area contributed by atoms with E-state index in [2.05, 4.69) is 47.9 Å². The van der Waals surface area contributed by atoms with E-state index < -0.39 is 0 Å². The Kier molecular flexibility index (Phi) is 5.21. The number of hydrogen-bond acceptors (Lipinski definition) is 4. The van der Waals surface area contributed by atoms with Crippen LogP contribution in [0.4, 0.5) is 5.69 Å². The van der Waals surface area contributed by atoms with Crippen LogP contribution in [0.15, 0.2) is 23.1 Å². The Bertz CT molecular complexity index is 983. The molecule has 2 aliphatic heterocycles. The molecule has 0 radical (unpaired) electrons. The molecule has 0 spiro atoms. The van der Waals surface area contributed by atoms with Crippen LogP contribution < -0.4 is 4.90 Å². The van der Waals surface area contributed by atoms with Crippen molar-refractivity contribution in [1.82, 2.24) is 4.90 Å². The van der Waals surface area contributed by atoms with Gasteiger partial charge in [-0.2, -0.15) is 0 Å². The first-order valence-electron chi connectivity index (χ1n) is 10.7. The fourth-order valence-electron chi connectivity index (χ4n) is 4.75. The molecule has 1 amide bonds. The van der Waals surface area contributed by atoms with Crippen molar-refractivity contribution in [2.24, 2.45) is 0 Å². The normalized spacial score (nSPS) is 18.9. The summed E-state index contributed by atoms with van der Waals surface area (Å²) in [6.07, 6.45) is 7.29. The van der Waals surface area contributed by atoms with E-state index in [0.717, 1.165) is 36.8 Å². The Hall–Kier alpha value is -1.72. The Labute approximate surface area is 181 Å². The predicted molar refractivity (Wildman–Crippen MR) is 125 cm³/mol. The van der Waals surface area contributed by atoms with Crippen LogP contribution in [0, 0.1) is 13.8 Å². The van der Waals surface area contributed by atoms with Gasteiger partial charge in [0, 0.05) is 47.4 Å². The van der Waals surface area contributed by atoms with Crippen LogP contribution in [-0.2, 0) is 23.4 Å². The second kappa shape index (κ2) is 7.84. The second-order valence-corrected chi connectivity index (χ2v) is 10.5. The molecule has 29 heavy (non-hydrogen) atoms. The fourth-order valence-corrected chi connectivity index (χ4v) is 7.35. The van der Waals surface area contributed by atoms with Crippen LogP contribution in [0.5, 0.6) is 0 Å². The third-order valence-corrected chi connectivity index (χ3v) is 8.96. The number of rotatable bonds is 2. The third-order valence-electron chi connectivity index (χ3n) is 6.64. The summed E-state index contributed by atoms with van der Waals surface area (Å²) in [6, 6.07) is 6.51. The molecule has 2 aromatic rings. The van der Waals surface area contributed by atoms with Gasteiger partial charge in [-0.25, -0.2) is 0 Å². The molecule has 1 saturated heterocycles. The van der Waals surface area contributed by atoms with E-state index >= 15 is 0 Å². The zero-order valence-electron chi connectivity index (χ0n) is 17.3. The maximum Gasteiger partial charge on any atom is 0.260 e. The van der Waals surface area contributed by atoms with Crippen molar-refractivity contribution in [2.75, 3.05) is 31.1 Å². The smallest absolute Gasteiger partial charge is 0.260 e. The number of thiophene rings is 1. The third kappa shape index (κ3) is 3.53. The number of thioether (sulfide) groups is 1. The number of anilines is 1. The number of carbonyl (C=O) groups is 1. The first-order chi connectivity index (χ1) is 14.1. The van der Waals surface area contributed by atoms with Crippen LogP contribution in [0.2, 0.25) is 0 Å². The van der Waals surface area contributed by atoms with Gasteiger partial charge in [0.05, 0.1) is 4.91 Å². The van der Waals surface area contributed by atoms with Gasteiger partial charge in [0.2, 0.25) is 0 Å². The first-order valence-corrected chi connectivity index (χ1v) is 12.5. The molecule has 1 aromatic carbocycles. The lowest BCUT2D eigenvalue weighted by molar-refractivity contribution is -0.126. The Morgan fingerprint density at radius 3 is 2.62 bits per heavy atom. The maximum atomic E-state index is 13.2. The fraction of sp³-hybridized carbons (Fsp3) is 0.458. The molecular weight excluding hydrogens is 396 g/mol. The number of benzene rings is 1. The van der Waals surface area contributed by atoms with Crippen molar-refractivity contribution in [2.45, 2.75) is 45.3 Å². The van der Waals surface area contributed by atoms with Crippen molar-refractivity contribution in [3.8, 4) is 0 Å². The molecule has 1 fully saturated rings. The highest BCUT2D eigenvalue weighted by molar-refractivity contribution is 8.03. The van der Waals surface area contributed by atoms with E-state index in [-0.39, 0.29) is 5.91 Å². The largest absolute Gasteiger partial charge is 0.368 e. The lowest BCUT2D eigenvalue weighted by atomic mass is 9.95. The van der Waals surface area contributed by atoms with Gasteiger partial charge in [0.25, 0.3) is 5.91 Å². The number of aryl methyl sites for hydroxylation is 2. The number of nitrogens with zero attached hydrogens (tertiary/aromatic N) is 2. The summed E-state index contributed by atoms with van der Waals surface area (Å²) >= 11 is 3.69. The van der Waals surface area contributed by atoms with Crippen LogP contribution in [0.3, 0.4) is 0 Å². The Morgan fingerprint density at radius 2 is 1.79 bits per heavy atom. The highest BCUT2D eigenvalue weighted by Gasteiger charge is 2.29. The van der Waals surface area contributed by atoms with Gasteiger partial charge in [0.15, 0.2) is 0 Å². The van der Waals surface area contributed by atoms with Gasteiger partial charge < -0.3 is 9.80 Å². The summed E-state index contributed by atoms with van der Waals surface area (Å²) in [7, 11) is 0. The summed E-state index contributed by atoms with van der Waals surface area (Å²) < 4.78 is 0. The zero-order chi connectivity index (χ0) is 20.0. The maximum absolute atomic E-state index is 13.2. The van der Waals surface area contributed by atoms with Crippen LogP contribution >= 0.6 is 23.1 Å². The quantitative estimate of drug-likeness (QED) is 0.664. The second-order valence-electron chi connectivity index (χ2n) is 8.35. The molecule has 1 aromatic heterocycles. The number of carbonyl (C=O) groups excluding carboxylic acids is 1. The topological polar surface area (TPSA) is 23.6 Å². The first kappa shape index (κ1) is 19.3. The highest BCUT2D eigenvalue weighted by Crippen LogP contribution is 2.43. The molecule has 1 aliphatic carbocycles. The zero-order valence-corrected chi connectivity index (χ0v) is 18.9. The highest BCUT2D eigenvalue weighted by atomic mass is 32.2. The molecular formula is C24H28N2OS2. The average molecular weight is 425 g/mol. The lowest BCUT2D eigenvalue weighted by Gasteiger charge is -2.37. The average Bonchev–Trinajstić information content (AvgIpc) is 3.13. The van der Waals surface area contributed by atoms with Gasteiger partial charge in [-0.1, -0.05) is 12.1 Å². The van der Waals surface area contributed by atoms with E-state index in [1.165, 1.54) is 52.9 Å². The molecule has 0 saturated carbocycles. The van der Waals surface area contributed by atoms with Gasteiger partial charge >= 0.3 is 0 Å². The number of piperazine rings is 1. The van der Waals surface area contributed by atoms with E-state index in [1.54, 1.807) is 22.2 Å². The molecule has 5 heteroatoms. The summed E-state index contributed by atoms with van der Waals surface area (Å²) in [4.78, 5) is 21.6. The Morgan fingerprint density at radius 1 is 1.00 bits per heavy atom. The minimum absolute atomic E-state index is 0.229. The number of amides is 1. The summed E-state index contributed by atoms with van der Waals surface area (Å²) in [5.41, 5.74) is 7.13. The van der Waals surface area contributed by atoms with Gasteiger partial charge in [-0.3, -0.25) is 4.79 Å². The molecule has 0 unspecified atom stereocenters. The van der Waals surface area contributed by atoms with Crippen molar-refractivity contribution in [3.05, 3.63) is 55.1 Å². The molecule has 3 heterocycles. The van der Waals surface area contributed by atoms with E-state index in [0.29, 0.717) is 0 Å². The summed E-state index contributed by atoms with van der Waals surface area (Å²) in [6.45, 7) is 7.79. The minimum Gasteiger partial charge on any atom is -0.368 e. The lowest BCUT2D eigenvalue weighted by Crippen LogP contribution is -2.49. The summed E-state index contributed by atoms with van der Waals surface area (Å²) in [5, 5.41) is 0. The number of hydrogen-bond donors (Lipinski definition) is 0. The van der Waals surface area contributed by atoms with Crippen LogP contribution in [0.25, 0.3) is 6.08 Å². The monoisotopic (exact) mass is 424 g/mol. The van der Waals surface area contributed by atoms with Crippen molar-refractivity contribution >= 4 is 40.8 Å². The van der Waals surface area contributed by atoms with E-state index in [4.69, 9.17) is 0 Å². The molecule has 0 N–H and O–H groups in total. The standard InChI is InChI=1S/C24H28N2OS2/c1-16-6-5-8-20(17(16)2)25-10-12-26(13-11-25)24(27)23-14-22-19(15-28-23)18-7-3-4-9-21(18)29-22/h5-6,8,14H,3-4,7,9-13,15H2,1-2H3. The molecule has 0 atom stereocenters.